The minimum Gasteiger partial charge on any atom is -0.354 e. The highest BCUT2D eigenvalue weighted by atomic mass is 16.2. The zero-order chi connectivity index (χ0) is 16.3. The lowest BCUT2D eigenvalue weighted by Gasteiger charge is -2.20. The summed E-state index contributed by atoms with van der Waals surface area (Å²) >= 11 is 0. The summed E-state index contributed by atoms with van der Waals surface area (Å²) in [5, 5.41) is 3.03. The molecule has 0 spiro atoms. The molecule has 0 aromatic rings. The minimum absolute atomic E-state index is 0.0553. The highest BCUT2D eigenvalue weighted by Gasteiger charge is 2.60. The van der Waals surface area contributed by atoms with Crippen molar-refractivity contribution in [3.8, 4) is 0 Å². The van der Waals surface area contributed by atoms with E-state index in [1.54, 1.807) is 0 Å². The van der Waals surface area contributed by atoms with Crippen molar-refractivity contribution in [1.29, 1.82) is 0 Å². The maximum Gasteiger partial charge on any atom is 0.224 e. The Morgan fingerprint density at radius 3 is 2.73 bits per heavy atom. The largest absolute Gasteiger partial charge is 0.354 e. The molecule has 1 aliphatic heterocycles. The molecule has 0 aromatic heterocycles. The number of nitrogens with one attached hydrogen (secondary N) is 1. The Hall–Kier alpha value is -1.32. The molecule has 1 heterocycles. The molecular weight excluding hydrogens is 276 g/mol. The first-order valence-electron chi connectivity index (χ1n) is 8.54. The Morgan fingerprint density at radius 1 is 1.32 bits per heavy atom. The molecule has 2 rings (SSSR count). The molecule has 0 unspecified atom stereocenters. The maximum atomic E-state index is 12.4. The molecule has 0 aromatic carbocycles. The number of hydrogen-bond donors (Lipinski definition) is 1. The molecular formula is C18H30N2O2. The van der Waals surface area contributed by atoms with Gasteiger partial charge < -0.3 is 10.2 Å². The van der Waals surface area contributed by atoms with Gasteiger partial charge in [-0.3, -0.25) is 9.59 Å². The number of hydrogen-bond acceptors (Lipinski definition) is 2. The Kier molecular flexibility index (Phi) is 5.30. The molecule has 1 aliphatic carbocycles. The summed E-state index contributed by atoms with van der Waals surface area (Å²) in [7, 11) is 0. The van der Waals surface area contributed by atoms with E-state index in [4.69, 9.17) is 0 Å². The molecule has 2 fully saturated rings. The van der Waals surface area contributed by atoms with Crippen LogP contribution >= 0.6 is 0 Å². The van der Waals surface area contributed by atoms with E-state index in [2.05, 4.69) is 39.1 Å². The van der Waals surface area contributed by atoms with Gasteiger partial charge in [-0.15, -0.1) is 0 Å². The van der Waals surface area contributed by atoms with Crippen LogP contribution in [0, 0.1) is 17.3 Å². The molecule has 22 heavy (non-hydrogen) atoms. The third kappa shape index (κ3) is 3.90. The fourth-order valence-electron chi connectivity index (χ4n) is 3.55. The van der Waals surface area contributed by atoms with E-state index >= 15 is 0 Å². The van der Waals surface area contributed by atoms with E-state index in [9.17, 15) is 9.59 Å². The van der Waals surface area contributed by atoms with E-state index < -0.39 is 0 Å². The minimum atomic E-state index is 0.0553. The van der Waals surface area contributed by atoms with Crippen LogP contribution in [-0.2, 0) is 9.59 Å². The lowest BCUT2D eigenvalue weighted by atomic mass is 10.1. The molecule has 2 amide bonds. The van der Waals surface area contributed by atoms with Crippen molar-refractivity contribution in [2.75, 3.05) is 19.6 Å². The van der Waals surface area contributed by atoms with Crippen LogP contribution in [0.1, 0.15) is 53.4 Å². The fraction of sp³-hybridized carbons (Fsp3) is 0.778. The highest BCUT2D eigenvalue weighted by molar-refractivity contribution is 5.83. The van der Waals surface area contributed by atoms with Gasteiger partial charge in [-0.25, -0.2) is 0 Å². The number of amides is 2. The quantitative estimate of drug-likeness (QED) is 0.794. The van der Waals surface area contributed by atoms with Crippen molar-refractivity contribution in [3.63, 3.8) is 0 Å². The van der Waals surface area contributed by atoms with Crippen LogP contribution in [0.15, 0.2) is 11.6 Å². The number of carbonyl (C=O) groups excluding carboxylic acids is 2. The summed E-state index contributed by atoms with van der Waals surface area (Å²) in [5.41, 5.74) is 1.32. The van der Waals surface area contributed by atoms with Crippen molar-refractivity contribution in [2.45, 2.75) is 53.4 Å². The SMILES string of the molecule is CC(C)=C[C@@H]1[C@H](C(=O)NCCN2CCCCCC2=O)C1(C)C. The summed E-state index contributed by atoms with van der Waals surface area (Å²) < 4.78 is 0. The number of rotatable bonds is 5. The van der Waals surface area contributed by atoms with Crippen molar-refractivity contribution in [2.24, 2.45) is 17.3 Å². The summed E-state index contributed by atoms with van der Waals surface area (Å²) in [6.07, 6.45) is 6.09. The Bertz CT molecular complexity index is 464. The van der Waals surface area contributed by atoms with Crippen molar-refractivity contribution in [3.05, 3.63) is 11.6 Å². The van der Waals surface area contributed by atoms with E-state index in [0.29, 0.717) is 25.4 Å². The molecule has 4 heteroatoms. The third-order valence-electron chi connectivity index (χ3n) is 5.06. The van der Waals surface area contributed by atoms with Crippen LogP contribution in [0.2, 0.25) is 0 Å². The summed E-state index contributed by atoms with van der Waals surface area (Å²) in [6.45, 7) is 10.5. The summed E-state index contributed by atoms with van der Waals surface area (Å²) in [5.74, 6) is 0.787. The van der Waals surface area contributed by atoms with Crippen LogP contribution in [-0.4, -0.2) is 36.3 Å². The monoisotopic (exact) mass is 306 g/mol. The van der Waals surface area contributed by atoms with Gasteiger partial charge in [0.25, 0.3) is 0 Å². The van der Waals surface area contributed by atoms with Crippen LogP contribution in [0.3, 0.4) is 0 Å². The average molecular weight is 306 g/mol. The fourth-order valence-corrected chi connectivity index (χ4v) is 3.55. The molecule has 1 saturated carbocycles. The van der Waals surface area contributed by atoms with E-state index in [1.807, 2.05) is 4.90 Å². The molecule has 0 bridgehead atoms. The van der Waals surface area contributed by atoms with Crippen molar-refractivity contribution >= 4 is 11.8 Å². The van der Waals surface area contributed by atoms with Gasteiger partial charge in [-0.2, -0.15) is 0 Å². The van der Waals surface area contributed by atoms with Gasteiger partial charge in [0.05, 0.1) is 5.92 Å². The van der Waals surface area contributed by atoms with E-state index in [0.717, 1.165) is 25.8 Å². The second-order valence-corrected chi connectivity index (χ2v) is 7.55. The number of carbonyl (C=O) groups is 2. The van der Waals surface area contributed by atoms with Crippen LogP contribution in [0.25, 0.3) is 0 Å². The maximum absolute atomic E-state index is 12.4. The normalized spacial score (nSPS) is 27.1. The zero-order valence-electron chi connectivity index (χ0n) is 14.4. The highest BCUT2D eigenvalue weighted by Crippen LogP contribution is 2.59. The molecule has 2 aliphatic rings. The first-order valence-corrected chi connectivity index (χ1v) is 8.54. The number of nitrogens with zero attached hydrogens (tertiary/aromatic N) is 1. The summed E-state index contributed by atoms with van der Waals surface area (Å²) in [4.78, 5) is 26.2. The lowest BCUT2D eigenvalue weighted by molar-refractivity contribution is -0.131. The first-order chi connectivity index (χ1) is 10.3. The predicted molar refractivity (Wildman–Crippen MR) is 88.2 cm³/mol. The van der Waals surface area contributed by atoms with Crippen LogP contribution in [0.5, 0.6) is 0 Å². The Morgan fingerprint density at radius 2 is 2.05 bits per heavy atom. The Balaban J connectivity index is 1.79. The molecule has 1 saturated heterocycles. The second kappa shape index (κ2) is 6.84. The van der Waals surface area contributed by atoms with Gasteiger partial charge in [0, 0.05) is 26.1 Å². The smallest absolute Gasteiger partial charge is 0.224 e. The van der Waals surface area contributed by atoms with Gasteiger partial charge in [-0.05, 0) is 38.0 Å². The third-order valence-corrected chi connectivity index (χ3v) is 5.06. The van der Waals surface area contributed by atoms with E-state index in [1.165, 1.54) is 5.57 Å². The van der Waals surface area contributed by atoms with Gasteiger partial charge in [0.15, 0.2) is 0 Å². The van der Waals surface area contributed by atoms with Crippen LogP contribution in [0.4, 0.5) is 0 Å². The van der Waals surface area contributed by atoms with Gasteiger partial charge in [-0.1, -0.05) is 31.9 Å². The molecule has 124 valence electrons. The Labute approximate surface area is 134 Å². The van der Waals surface area contributed by atoms with Gasteiger partial charge in [0.1, 0.15) is 0 Å². The van der Waals surface area contributed by atoms with E-state index in [-0.39, 0.29) is 23.1 Å². The average Bonchev–Trinajstić information content (AvgIpc) is 3.02. The number of likely N-dealkylation sites (tertiary alicyclic amines) is 1. The predicted octanol–water partition coefficient (Wildman–Crippen LogP) is 2.74. The molecule has 1 N–H and O–H groups in total. The zero-order valence-corrected chi connectivity index (χ0v) is 14.4. The molecule has 2 atom stereocenters. The van der Waals surface area contributed by atoms with Gasteiger partial charge in [0.2, 0.25) is 11.8 Å². The van der Waals surface area contributed by atoms with Crippen molar-refractivity contribution in [1.82, 2.24) is 10.2 Å². The second-order valence-electron chi connectivity index (χ2n) is 7.55. The number of allylic oxidation sites excluding steroid dienone is 2. The van der Waals surface area contributed by atoms with Gasteiger partial charge >= 0.3 is 0 Å². The van der Waals surface area contributed by atoms with Crippen LogP contribution < -0.4 is 5.32 Å². The summed E-state index contributed by atoms with van der Waals surface area (Å²) in [6, 6.07) is 0. The lowest BCUT2D eigenvalue weighted by Crippen LogP contribution is -2.39. The standard InChI is InChI=1S/C18H30N2O2/c1-13(2)12-14-16(18(14,3)4)17(22)19-9-11-20-10-7-5-6-8-15(20)21/h12,14,16H,5-11H2,1-4H3,(H,19,22)/t14-,16-/m1/s1. The topological polar surface area (TPSA) is 49.4 Å². The first kappa shape index (κ1) is 17.0. The molecule has 0 radical (unpaired) electrons. The van der Waals surface area contributed by atoms with Crippen molar-refractivity contribution < 1.29 is 9.59 Å². The molecule has 4 nitrogen and oxygen atoms in total.